The summed E-state index contributed by atoms with van der Waals surface area (Å²) in [5, 5.41) is 15.5. The second-order valence-electron chi connectivity index (χ2n) is 3.73. The van der Waals surface area contributed by atoms with Gasteiger partial charge in [-0.25, -0.2) is 13.6 Å². The number of ether oxygens (including phenoxy) is 1. The predicted octanol–water partition coefficient (Wildman–Crippen LogP) is 0.961. The summed E-state index contributed by atoms with van der Waals surface area (Å²) < 4.78 is 26.7. The first-order chi connectivity index (χ1) is 8.31. The number of sulfonamides is 1. The largest absolute Gasteiger partial charge is 0.493 e. The molecular weight excluding hydrogens is 260 g/mol. The zero-order valence-corrected chi connectivity index (χ0v) is 10.6. The van der Waals surface area contributed by atoms with Crippen molar-refractivity contribution >= 4 is 15.7 Å². The maximum absolute atomic E-state index is 10.7. The van der Waals surface area contributed by atoms with Crippen molar-refractivity contribution in [2.45, 2.75) is 13.3 Å². The minimum atomic E-state index is -3.50. The lowest BCUT2D eigenvalue weighted by molar-refractivity contribution is -0.385. The van der Waals surface area contributed by atoms with Gasteiger partial charge >= 0.3 is 0 Å². The van der Waals surface area contributed by atoms with Gasteiger partial charge in [0, 0.05) is 6.07 Å². The summed E-state index contributed by atoms with van der Waals surface area (Å²) in [7, 11) is -3.50. The molecule has 0 fully saturated rings. The highest BCUT2D eigenvalue weighted by molar-refractivity contribution is 7.89. The molecule has 2 N–H and O–H groups in total. The third-order valence-corrected chi connectivity index (χ3v) is 3.14. The summed E-state index contributed by atoms with van der Waals surface area (Å²) >= 11 is 0. The molecule has 0 unspecified atom stereocenters. The summed E-state index contributed by atoms with van der Waals surface area (Å²) in [4.78, 5) is 10.2. The van der Waals surface area contributed by atoms with Gasteiger partial charge in [0.15, 0.2) is 0 Å². The lowest BCUT2D eigenvalue weighted by Gasteiger charge is -2.08. The molecular formula is C10H14N2O5S. The van der Waals surface area contributed by atoms with Crippen molar-refractivity contribution in [3.05, 3.63) is 33.9 Å². The number of hydrogen-bond acceptors (Lipinski definition) is 5. The van der Waals surface area contributed by atoms with Crippen molar-refractivity contribution < 1.29 is 18.1 Å². The molecule has 0 heterocycles. The van der Waals surface area contributed by atoms with Crippen molar-refractivity contribution in [3.63, 3.8) is 0 Å². The zero-order valence-electron chi connectivity index (χ0n) is 9.83. The molecule has 0 aromatic heterocycles. The van der Waals surface area contributed by atoms with Crippen molar-refractivity contribution in [1.82, 2.24) is 0 Å². The van der Waals surface area contributed by atoms with Gasteiger partial charge in [0.2, 0.25) is 10.0 Å². The molecule has 0 aliphatic heterocycles. The van der Waals surface area contributed by atoms with E-state index in [2.05, 4.69) is 0 Å². The first kappa shape index (κ1) is 14.4. The van der Waals surface area contributed by atoms with Crippen molar-refractivity contribution in [3.8, 4) is 5.75 Å². The van der Waals surface area contributed by atoms with Crippen molar-refractivity contribution in [2.24, 2.45) is 5.14 Å². The van der Waals surface area contributed by atoms with Crippen LogP contribution in [0, 0.1) is 17.0 Å². The number of benzene rings is 1. The Kier molecular flexibility index (Phi) is 4.62. The van der Waals surface area contributed by atoms with Crippen LogP contribution in [0.5, 0.6) is 5.75 Å². The average Bonchev–Trinajstić information content (AvgIpc) is 2.24. The molecule has 0 aliphatic rings. The molecule has 0 saturated heterocycles. The Morgan fingerprint density at radius 1 is 1.44 bits per heavy atom. The fourth-order valence-electron chi connectivity index (χ4n) is 1.40. The molecule has 1 aromatic rings. The SMILES string of the molecule is Cc1c(OCCCS(N)(=O)=O)cccc1[N+](=O)[O-]. The molecule has 100 valence electrons. The van der Waals surface area contributed by atoms with Gasteiger partial charge in [0.25, 0.3) is 5.69 Å². The van der Waals surface area contributed by atoms with Gasteiger partial charge in [-0.15, -0.1) is 0 Å². The highest BCUT2D eigenvalue weighted by Crippen LogP contribution is 2.26. The molecule has 0 saturated carbocycles. The summed E-state index contributed by atoms with van der Waals surface area (Å²) in [5.41, 5.74) is 0.386. The number of nitro groups is 1. The lowest BCUT2D eigenvalue weighted by Crippen LogP contribution is -2.18. The Labute approximate surface area is 105 Å². The Hall–Kier alpha value is -1.67. The van der Waals surface area contributed by atoms with Crippen LogP contribution in [0.2, 0.25) is 0 Å². The second kappa shape index (κ2) is 5.78. The van der Waals surface area contributed by atoms with Gasteiger partial charge in [-0.1, -0.05) is 6.07 Å². The first-order valence-corrected chi connectivity index (χ1v) is 6.90. The van der Waals surface area contributed by atoms with Gasteiger partial charge < -0.3 is 4.74 Å². The molecule has 1 rings (SSSR count). The van der Waals surface area contributed by atoms with E-state index in [0.717, 1.165) is 0 Å². The minimum absolute atomic E-state index is 0.0288. The van der Waals surface area contributed by atoms with E-state index in [4.69, 9.17) is 9.88 Å². The van der Waals surface area contributed by atoms with E-state index in [1.54, 1.807) is 13.0 Å². The van der Waals surface area contributed by atoms with E-state index in [9.17, 15) is 18.5 Å². The Balaban J connectivity index is 2.63. The zero-order chi connectivity index (χ0) is 13.8. The normalized spacial score (nSPS) is 11.2. The quantitative estimate of drug-likeness (QED) is 0.471. The molecule has 0 radical (unpaired) electrons. The van der Waals surface area contributed by atoms with Crippen LogP contribution in [0.3, 0.4) is 0 Å². The van der Waals surface area contributed by atoms with Crippen LogP contribution < -0.4 is 9.88 Å². The maximum Gasteiger partial charge on any atom is 0.276 e. The van der Waals surface area contributed by atoms with Gasteiger partial charge in [-0.3, -0.25) is 10.1 Å². The Morgan fingerprint density at radius 2 is 2.11 bits per heavy atom. The van der Waals surface area contributed by atoms with Crippen LogP contribution in [0.25, 0.3) is 0 Å². The predicted molar refractivity (Wildman–Crippen MR) is 65.9 cm³/mol. The summed E-state index contributed by atoms with van der Waals surface area (Å²) in [5.74, 6) is 0.194. The number of nitro benzene ring substituents is 1. The van der Waals surface area contributed by atoms with E-state index in [-0.39, 0.29) is 24.5 Å². The molecule has 18 heavy (non-hydrogen) atoms. The van der Waals surface area contributed by atoms with Crippen LogP contribution >= 0.6 is 0 Å². The molecule has 0 aliphatic carbocycles. The van der Waals surface area contributed by atoms with E-state index in [1.165, 1.54) is 12.1 Å². The van der Waals surface area contributed by atoms with Crippen LogP contribution in [0.4, 0.5) is 5.69 Å². The first-order valence-electron chi connectivity index (χ1n) is 5.18. The summed E-state index contributed by atoms with van der Waals surface area (Å²) in [6, 6.07) is 4.49. The van der Waals surface area contributed by atoms with Gasteiger partial charge in [-0.05, 0) is 19.4 Å². The third kappa shape index (κ3) is 4.30. The van der Waals surface area contributed by atoms with E-state index in [0.29, 0.717) is 11.3 Å². The van der Waals surface area contributed by atoms with Crippen LogP contribution in [-0.2, 0) is 10.0 Å². The van der Waals surface area contributed by atoms with Gasteiger partial charge in [-0.2, -0.15) is 0 Å². The number of hydrogen-bond donors (Lipinski definition) is 1. The molecule has 0 amide bonds. The standard InChI is InChI=1S/C10H14N2O5S/c1-8-9(12(13)14)4-2-5-10(8)17-6-3-7-18(11,15)16/h2,4-5H,3,6-7H2,1H3,(H2,11,15,16). The summed E-state index contributed by atoms with van der Waals surface area (Å²) in [6.07, 6.45) is 0.237. The van der Waals surface area contributed by atoms with E-state index in [1.807, 2.05) is 0 Å². The molecule has 0 bridgehead atoms. The molecule has 0 atom stereocenters. The number of rotatable bonds is 6. The fraction of sp³-hybridized carbons (Fsp3) is 0.400. The van der Waals surface area contributed by atoms with Crippen molar-refractivity contribution in [2.75, 3.05) is 12.4 Å². The Morgan fingerprint density at radius 3 is 2.67 bits per heavy atom. The average molecular weight is 274 g/mol. The number of nitrogens with two attached hydrogens (primary N) is 1. The van der Waals surface area contributed by atoms with E-state index >= 15 is 0 Å². The van der Waals surface area contributed by atoms with Gasteiger partial charge in [0.05, 0.1) is 22.8 Å². The second-order valence-corrected chi connectivity index (χ2v) is 5.46. The number of primary sulfonamides is 1. The summed E-state index contributed by atoms with van der Waals surface area (Å²) in [6.45, 7) is 1.71. The minimum Gasteiger partial charge on any atom is -0.493 e. The van der Waals surface area contributed by atoms with Crippen LogP contribution in [0.15, 0.2) is 18.2 Å². The maximum atomic E-state index is 10.7. The smallest absolute Gasteiger partial charge is 0.276 e. The molecule has 7 nitrogen and oxygen atoms in total. The Bertz CT molecular complexity index is 541. The van der Waals surface area contributed by atoms with Crippen molar-refractivity contribution in [1.29, 1.82) is 0 Å². The number of nitrogens with zero attached hydrogens (tertiary/aromatic N) is 1. The lowest BCUT2D eigenvalue weighted by atomic mass is 10.2. The van der Waals surface area contributed by atoms with Gasteiger partial charge in [0.1, 0.15) is 5.75 Å². The monoisotopic (exact) mass is 274 g/mol. The highest BCUT2D eigenvalue weighted by atomic mass is 32.2. The molecule has 8 heteroatoms. The molecule has 1 aromatic carbocycles. The topological polar surface area (TPSA) is 113 Å². The van der Waals surface area contributed by atoms with E-state index < -0.39 is 14.9 Å². The van der Waals surface area contributed by atoms with Crippen LogP contribution in [-0.4, -0.2) is 25.7 Å². The highest BCUT2D eigenvalue weighted by Gasteiger charge is 2.14. The third-order valence-electron chi connectivity index (χ3n) is 2.28. The fourth-order valence-corrected chi connectivity index (χ4v) is 1.92. The molecule has 0 spiro atoms. The van der Waals surface area contributed by atoms with Crippen LogP contribution in [0.1, 0.15) is 12.0 Å².